The first kappa shape index (κ1) is 14.6. The molecule has 1 heterocycles. The second-order valence-corrected chi connectivity index (χ2v) is 5.32. The zero-order chi connectivity index (χ0) is 13.8. The van der Waals surface area contributed by atoms with E-state index in [-0.39, 0.29) is 12.8 Å². The Bertz CT molecular complexity index is 442. The van der Waals surface area contributed by atoms with Crippen molar-refractivity contribution in [1.82, 2.24) is 4.90 Å². The van der Waals surface area contributed by atoms with E-state index in [1.807, 2.05) is 19.2 Å². The summed E-state index contributed by atoms with van der Waals surface area (Å²) in [6.45, 7) is 2.31. The number of hydrogen-bond donors (Lipinski definition) is 1. The van der Waals surface area contributed by atoms with E-state index in [0.29, 0.717) is 13.2 Å². The second-order valence-electron chi connectivity index (χ2n) is 4.46. The zero-order valence-electron chi connectivity index (χ0n) is 11.2. The third-order valence-corrected chi connectivity index (χ3v) is 3.83. The number of nitrogens with zero attached hydrogens (tertiary/aromatic N) is 1. The fraction of sp³-hybridized carbons (Fsp3) is 0.538. The molecule has 0 aliphatic carbocycles. The Kier molecular flexibility index (Phi) is 5.04. The highest BCUT2D eigenvalue weighted by Gasteiger charge is 2.22. The molecule has 2 rings (SSSR count). The van der Waals surface area contributed by atoms with Crippen LogP contribution in [0.15, 0.2) is 16.6 Å². The van der Waals surface area contributed by atoms with Crippen molar-refractivity contribution in [3.05, 3.63) is 22.2 Å². The minimum absolute atomic E-state index is 0.126. The molecule has 106 valence electrons. The smallest absolute Gasteiger partial charge is 0.231 e. The van der Waals surface area contributed by atoms with Crippen molar-refractivity contribution in [2.75, 3.05) is 40.6 Å². The quantitative estimate of drug-likeness (QED) is 0.861. The molecule has 0 bridgehead atoms. The summed E-state index contributed by atoms with van der Waals surface area (Å²) in [6.07, 6.45) is 0. The van der Waals surface area contributed by atoms with Crippen LogP contribution in [0.2, 0.25) is 0 Å². The molecule has 0 saturated carbocycles. The molecule has 5 nitrogen and oxygen atoms in total. The van der Waals surface area contributed by atoms with E-state index in [1.165, 1.54) is 0 Å². The lowest BCUT2D eigenvalue weighted by molar-refractivity contribution is 0.140. The van der Waals surface area contributed by atoms with Crippen LogP contribution in [0.25, 0.3) is 0 Å². The highest BCUT2D eigenvalue weighted by molar-refractivity contribution is 9.10. The molecule has 2 N–H and O–H groups in total. The van der Waals surface area contributed by atoms with Gasteiger partial charge in [0.2, 0.25) is 6.79 Å². The van der Waals surface area contributed by atoms with Crippen LogP contribution >= 0.6 is 15.9 Å². The Morgan fingerprint density at radius 1 is 1.47 bits per heavy atom. The maximum atomic E-state index is 5.90. The fourth-order valence-electron chi connectivity index (χ4n) is 2.14. The lowest BCUT2D eigenvalue weighted by Gasteiger charge is -2.27. The van der Waals surface area contributed by atoms with Gasteiger partial charge in [0.05, 0.1) is 11.1 Å². The van der Waals surface area contributed by atoms with Crippen molar-refractivity contribution >= 4 is 15.9 Å². The normalized spacial score (nSPS) is 15.0. The summed E-state index contributed by atoms with van der Waals surface area (Å²) in [5.41, 5.74) is 7.01. The molecule has 1 aliphatic rings. The van der Waals surface area contributed by atoms with Crippen molar-refractivity contribution in [2.24, 2.45) is 5.73 Å². The number of ether oxygens (including phenoxy) is 3. The van der Waals surface area contributed by atoms with Gasteiger partial charge in [0.1, 0.15) is 0 Å². The van der Waals surface area contributed by atoms with Gasteiger partial charge in [-0.05, 0) is 40.7 Å². The maximum absolute atomic E-state index is 5.90. The molecule has 1 unspecified atom stereocenters. The molecule has 0 amide bonds. The second kappa shape index (κ2) is 6.56. The van der Waals surface area contributed by atoms with Crippen LogP contribution in [-0.2, 0) is 4.74 Å². The Hall–Kier alpha value is -0.820. The zero-order valence-corrected chi connectivity index (χ0v) is 12.8. The SMILES string of the molecule is COCCN(C)C(CN)c1cc(Br)c2c(c1)OCO2. The van der Waals surface area contributed by atoms with Crippen molar-refractivity contribution < 1.29 is 14.2 Å². The fourth-order valence-corrected chi connectivity index (χ4v) is 2.72. The van der Waals surface area contributed by atoms with Crippen LogP contribution in [0.4, 0.5) is 0 Å². The van der Waals surface area contributed by atoms with Crippen LogP contribution in [0.3, 0.4) is 0 Å². The van der Waals surface area contributed by atoms with Gasteiger partial charge in [0.15, 0.2) is 11.5 Å². The van der Waals surface area contributed by atoms with Gasteiger partial charge in [-0.3, -0.25) is 4.90 Å². The predicted octanol–water partition coefficient (Wildman–Crippen LogP) is 1.76. The Balaban J connectivity index is 2.21. The summed E-state index contributed by atoms with van der Waals surface area (Å²) in [5, 5.41) is 0. The maximum Gasteiger partial charge on any atom is 0.231 e. The van der Waals surface area contributed by atoms with E-state index >= 15 is 0 Å². The summed E-state index contributed by atoms with van der Waals surface area (Å²) >= 11 is 3.51. The van der Waals surface area contributed by atoms with Crippen molar-refractivity contribution in [3.8, 4) is 11.5 Å². The number of methoxy groups -OCH3 is 1. The van der Waals surface area contributed by atoms with Crippen LogP contribution in [0.5, 0.6) is 11.5 Å². The monoisotopic (exact) mass is 330 g/mol. The van der Waals surface area contributed by atoms with Gasteiger partial charge in [0.25, 0.3) is 0 Å². The summed E-state index contributed by atoms with van der Waals surface area (Å²) in [5.74, 6) is 1.53. The van der Waals surface area contributed by atoms with E-state index in [1.54, 1.807) is 7.11 Å². The van der Waals surface area contributed by atoms with E-state index in [4.69, 9.17) is 19.9 Å². The van der Waals surface area contributed by atoms with Gasteiger partial charge in [0, 0.05) is 26.2 Å². The van der Waals surface area contributed by atoms with Gasteiger partial charge in [-0.25, -0.2) is 0 Å². The van der Waals surface area contributed by atoms with Crippen LogP contribution in [0, 0.1) is 0 Å². The highest BCUT2D eigenvalue weighted by atomic mass is 79.9. The Morgan fingerprint density at radius 3 is 2.95 bits per heavy atom. The van der Waals surface area contributed by atoms with Crippen LogP contribution in [0.1, 0.15) is 11.6 Å². The number of hydrogen-bond acceptors (Lipinski definition) is 5. The van der Waals surface area contributed by atoms with Crippen LogP contribution < -0.4 is 15.2 Å². The lowest BCUT2D eigenvalue weighted by atomic mass is 10.0. The molecule has 1 aromatic rings. The minimum Gasteiger partial charge on any atom is -0.454 e. The van der Waals surface area contributed by atoms with Gasteiger partial charge < -0.3 is 19.9 Å². The van der Waals surface area contributed by atoms with E-state index in [2.05, 4.69) is 20.8 Å². The topological polar surface area (TPSA) is 57.0 Å². The third kappa shape index (κ3) is 3.20. The number of rotatable bonds is 6. The molecule has 19 heavy (non-hydrogen) atoms. The average molecular weight is 331 g/mol. The molecule has 0 saturated heterocycles. The Labute approximate surface area is 121 Å². The third-order valence-electron chi connectivity index (χ3n) is 3.24. The number of likely N-dealkylation sites (N-methyl/N-ethyl adjacent to an activating group) is 1. The van der Waals surface area contributed by atoms with Crippen molar-refractivity contribution in [2.45, 2.75) is 6.04 Å². The first-order chi connectivity index (χ1) is 9.17. The highest BCUT2D eigenvalue weighted by Crippen LogP contribution is 2.41. The number of benzene rings is 1. The van der Waals surface area contributed by atoms with Gasteiger partial charge in [-0.15, -0.1) is 0 Å². The Morgan fingerprint density at radius 2 is 2.26 bits per heavy atom. The van der Waals surface area contributed by atoms with E-state index < -0.39 is 0 Å². The summed E-state index contributed by atoms with van der Waals surface area (Å²) in [4.78, 5) is 2.17. The standard InChI is InChI=1S/C13H19BrN2O3/c1-16(3-4-17-2)11(7-15)9-5-10(14)13-12(6-9)18-8-19-13/h5-6,11H,3-4,7-8,15H2,1-2H3. The summed E-state index contributed by atoms with van der Waals surface area (Å²) in [6, 6.07) is 4.16. The number of nitrogens with two attached hydrogens (primary N) is 1. The first-order valence-electron chi connectivity index (χ1n) is 6.15. The molecule has 0 aromatic heterocycles. The van der Waals surface area contributed by atoms with Crippen molar-refractivity contribution in [3.63, 3.8) is 0 Å². The predicted molar refractivity (Wildman–Crippen MR) is 76.6 cm³/mol. The molecule has 1 aromatic carbocycles. The molecular formula is C13H19BrN2O3. The minimum atomic E-state index is 0.126. The van der Waals surface area contributed by atoms with Gasteiger partial charge in [-0.1, -0.05) is 0 Å². The number of fused-ring (bicyclic) bond motifs is 1. The molecule has 1 aliphatic heterocycles. The molecule has 0 fully saturated rings. The van der Waals surface area contributed by atoms with E-state index in [0.717, 1.165) is 28.1 Å². The molecule has 0 spiro atoms. The molecular weight excluding hydrogens is 312 g/mol. The average Bonchev–Trinajstić information content (AvgIpc) is 2.86. The van der Waals surface area contributed by atoms with Crippen LogP contribution in [-0.4, -0.2) is 45.5 Å². The molecule has 1 atom stereocenters. The molecule has 6 heteroatoms. The first-order valence-corrected chi connectivity index (χ1v) is 6.95. The largest absolute Gasteiger partial charge is 0.454 e. The van der Waals surface area contributed by atoms with Crippen molar-refractivity contribution in [1.29, 1.82) is 0 Å². The molecule has 0 radical (unpaired) electrons. The summed E-state index contributed by atoms with van der Waals surface area (Å²) in [7, 11) is 3.73. The number of halogens is 1. The van der Waals surface area contributed by atoms with Gasteiger partial charge in [-0.2, -0.15) is 0 Å². The van der Waals surface area contributed by atoms with Gasteiger partial charge >= 0.3 is 0 Å². The summed E-state index contributed by atoms with van der Waals surface area (Å²) < 4.78 is 16.8. The lowest BCUT2D eigenvalue weighted by Crippen LogP contribution is -2.32. The van der Waals surface area contributed by atoms with E-state index in [9.17, 15) is 0 Å².